The van der Waals surface area contributed by atoms with Crippen LogP contribution in [0.25, 0.3) is 11.1 Å². The topological polar surface area (TPSA) is 0 Å². The molecule has 8 atom stereocenters. The Morgan fingerprint density at radius 1 is 0.775 bits per heavy atom. The molecule has 0 spiro atoms. The molecule has 7 rings (SSSR count). The maximum Gasteiger partial charge on any atom is 0.0553 e. The first kappa shape index (κ1) is 26.5. The minimum atomic E-state index is -1.69. The molecule has 2 aromatic rings. The first-order chi connectivity index (χ1) is 19.4. The molecule has 3 fully saturated rings. The average molecular weight is 545 g/mol. The SMILES string of the molecule is CC(C)C1C[C@H]2C(c3ccccc3)=CC=CC2[C@@H]1[Si](C)(C)C1C(C)C[C@H]2C(c3ccccc3)=C3CCCC3=CC12. The second-order valence-electron chi connectivity index (χ2n) is 14.8. The highest BCUT2D eigenvalue weighted by molar-refractivity contribution is 6.80. The minimum Gasteiger partial charge on any atom is -0.0808 e. The summed E-state index contributed by atoms with van der Waals surface area (Å²) in [5.74, 6) is 5.18. The molecule has 0 nitrogen and oxygen atoms in total. The van der Waals surface area contributed by atoms with E-state index in [4.69, 9.17) is 0 Å². The smallest absolute Gasteiger partial charge is 0.0553 e. The molecule has 0 heterocycles. The van der Waals surface area contributed by atoms with Gasteiger partial charge in [0.1, 0.15) is 0 Å². The third-order valence-electron chi connectivity index (χ3n) is 12.1. The number of fused-ring (bicyclic) bond motifs is 3. The molecule has 0 bridgehead atoms. The van der Waals surface area contributed by atoms with Gasteiger partial charge in [-0.15, -0.1) is 0 Å². The van der Waals surface area contributed by atoms with Crippen molar-refractivity contribution in [1.82, 2.24) is 0 Å². The zero-order valence-electron chi connectivity index (χ0n) is 25.3. The Morgan fingerprint density at radius 3 is 2.17 bits per heavy atom. The van der Waals surface area contributed by atoms with E-state index in [0.717, 1.165) is 34.8 Å². The van der Waals surface area contributed by atoms with E-state index in [2.05, 4.69) is 119 Å². The van der Waals surface area contributed by atoms with Gasteiger partial charge in [0.25, 0.3) is 0 Å². The van der Waals surface area contributed by atoms with E-state index in [-0.39, 0.29) is 0 Å². The van der Waals surface area contributed by atoms with Crippen molar-refractivity contribution in [1.29, 1.82) is 0 Å². The van der Waals surface area contributed by atoms with Crippen LogP contribution in [0.3, 0.4) is 0 Å². The molecule has 5 aliphatic carbocycles. The molecule has 3 saturated carbocycles. The summed E-state index contributed by atoms with van der Waals surface area (Å²) < 4.78 is 0. The maximum atomic E-state index is 2.85. The van der Waals surface area contributed by atoms with Crippen molar-refractivity contribution >= 4 is 19.2 Å². The van der Waals surface area contributed by atoms with E-state index in [1.54, 1.807) is 22.3 Å². The van der Waals surface area contributed by atoms with Crippen LogP contribution in [0, 0.1) is 41.4 Å². The Hall–Kier alpha value is -2.38. The normalized spacial score (nSPS) is 35.0. The second kappa shape index (κ2) is 10.2. The van der Waals surface area contributed by atoms with Gasteiger partial charge in [0.2, 0.25) is 0 Å². The molecule has 40 heavy (non-hydrogen) atoms. The fraction of sp³-hybridized carbons (Fsp3) is 0.487. The van der Waals surface area contributed by atoms with E-state index >= 15 is 0 Å². The third-order valence-corrected chi connectivity index (χ3v) is 17.3. The Bertz CT molecular complexity index is 1370. The summed E-state index contributed by atoms with van der Waals surface area (Å²) in [6.45, 7) is 13.4. The standard InChI is InChI=1S/C39H48Si/c1-25(2)33-24-34-30(27-14-8-6-9-15-27)19-13-21-32(34)39(33)40(4,5)38-26(3)22-35-36(38)23-29-18-12-20-31(29)37(35)28-16-10-7-11-17-28/h6-11,13-17,19,21,23,25-26,32-36,38-39H,12,18,20,22,24H2,1-5H3/t26?,32?,33?,34-,35+,36?,38?,39-/m0/s1. The van der Waals surface area contributed by atoms with Crippen LogP contribution in [-0.2, 0) is 0 Å². The number of benzene rings is 2. The molecule has 0 aliphatic heterocycles. The van der Waals surface area contributed by atoms with Crippen molar-refractivity contribution in [2.45, 2.75) is 77.1 Å². The van der Waals surface area contributed by atoms with Crippen molar-refractivity contribution in [3.8, 4) is 0 Å². The largest absolute Gasteiger partial charge is 0.0808 e. The van der Waals surface area contributed by atoms with Crippen LogP contribution >= 0.6 is 0 Å². The summed E-state index contributed by atoms with van der Waals surface area (Å²) in [5, 5.41) is 0. The first-order valence-corrected chi connectivity index (χ1v) is 19.4. The van der Waals surface area contributed by atoms with E-state index < -0.39 is 8.07 Å². The van der Waals surface area contributed by atoms with Gasteiger partial charge >= 0.3 is 0 Å². The molecule has 2 aromatic carbocycles. The van der Waals surface area contributed by atoms with Crippen molar-refractivity contribution in [3.63, 3.8) is 0 Å². The fourth-order valence-corrected chi connectivity index (χ4v) is 17.2. The van der Waals surface area contributed by atoms with Crippen LogP contribution in [0.2, 0.25) is 24.2 Å². The van der Waals surface area contributed by atoms with Gasteiger partial charge in [-0.05, 0) is 118 Å². The van der Waals surface area contributed by atoms with Gasteiger partial charge in [0, 0.05) is 0 Å². The highest BCUT2D eigenvalue weighted by Crippen LogP contribution is 2.67. The van der Waals surface area contributed by atoms with Gasteiger partial charge < -0.3 is 0 Å². The molecule has 0 aromatic heterocycles. The highest BCUT2D eigenvalue weighted by atomic mass is 28.3. The Morgan fingerprint density at radius 2 is 1.48 bits per heavy atom. The van der Waals surface area contributed by atoms with Crippen molar-refractivity contribution in [2.75, 3.05) is 0 Å². The van der Waals surface area contributed by atoms with Crippen LogP contribution in [0.1, 0.15) is 64.0 Å². The Labute approximate surface area is 244 Å². The van der Waals surface area contributed by atoms with Crippen molar-refractivity contribution < 1.29 is 0 Å². The van der Waals surface area contributed by atoms with Gasteiger partial charge in [-0.3, -0.25) is 0 Å². The Kier molecular flexibility index (Phi) is 6.73. The van der Waals surface area contributed by atoms with Crippen molar-refractivity contribution in [2.24, 2.45) is 41.4 Å². The number of rotatable bonds is 5. The molecule has 0 N–H and O–H groups in total. The lowest BCUT2D eigenvalue weighted by Crippen LogP contribution is -2.46. The molecule has 208 valence electrons. The summed E-state index contributed by atoms with van der Waals surface area (Å²) in [7, 11) is -1.69. The molecule has 0 radical (unpaired) electrons. The van der Waals surface area contributed by atoms with Crippen LogP contribution in [0.15, 0.2) is 96.1 Å². The predicted molar refractivity (Wildman–Crippen MR) is 175 cm³/mol. The second-order valence-corrected chi connectivity index (χ2v) is 19.7. The summed E-state index contributed by atoms with van der Waals surface area (Å²) >= 11 is 0. The maximum absolute atomic E-state index is 2.85. The van der Waals surface area contributed by atoms with Gasteiger partial charge in [0.05, 0.1) is 8.07 Å². The summed E-state index contributed by atoms with van der Waals surface area (Å²) in [5.41, 5.74) is 11.5. The highest BCUT2D eigenvalue weighted by Gasteiger charge is 2.59. The summed E-state index contributed by atoms with van der Waals surface area (Å²) in [6.07, 6.45) is 17.1. The van der Waals surface area contributed by atoms with Crippen LogP contribution < -0.4 is 0 Å². The Balaban J connectivity index is 1.27. The van der Waals surface area contributed by atoms with Crippen LogP contribution in [0.5, 0.6) is 0 Å². The number of hydrogen-bond acceptors (Lipinski definition) is 0. The number of allylic oxidation sites excluding steroid dienone is 8. The quantitative estimate of drug-likeness (QED) is 0.328. The zero-order chi connectivity index (χ0) is 27.6. The third kappa shape index (κ3) is 4.13. The predicted octanol–water partition coefficient (Wildman–Crippen LogP) is 10.8. The lowest BCUT2D eigenvalue weighted by Gasteiger charge is -2.47. The summed E-state index contributed by atoms with van der Waals surface area (Å²) in [4.78, 5) is 0. The van der Waals surface area contributed by atoms with Gasteiger partial charge in [-0.1, -0.05) is 119 Å². The van der Waals surface area contributed by atoms with E-state index in [9.17, 15) is 0 Å². The lowest BCUT2D eigenvalue weighted by atomic mass is 9.76. The molecular formula is C39H48Si. The molecule has 0 saturated heterocycles. The first-order valence-electron chi connectivity index (χ1n) is 16.3. The lowest BCUT2D eigenvalue weighted by molar-refractivity contribution is 0.372. The van der Waals surface area contributed by atoms with Crippen LogP contribution in [0.4, 0.5) is 0 Å². The fourth-order valence-electron chi connectivity index (χ4n) is 10.8. The minimum absolute atomic E-state index is 0.676. The van der Waals surface area contributed by atoms with Gasteiger partial charge in [0.15, 0.2) is 0 Å². The molecule has 0 amide bonds. The van der Waals surface area contributed by atoms with E-state index in [0.29, 0.717) is 17.8 Å². The molecule has 5 aliphatic rings. The zero-order valence-corrected chi connectivity index (χ0v) is 26.3. The average Bonchev–Trinajstić information content (AvgIpc) is 3.67. The van der Waals surface area contributed by atoms with Crippen molar-refractivity contribution in [3.05, 3.63) is 107 Å². The van der Waals surface area contributed by atoms with Gasteiger partial charge in [-0.25, -0.2) is 0 Å². The van der Waals surface area contributed by atoms with Crippen LogP contribution in [-0.4, -0.2) is 8.07 Å². The van der Waals surface area contributed by atoms with Gasteiger partial charge in [-0.2, -0.15) is 0 Å². The molecule has 5 unspecified atom stereocenters. The summed E-state index contributed by atoms with van der Waals surface area (Å²) in [6, 6.07) is 22.8. The molecular weight excluding hydrogens is 497 g/mol. The monoisotopic (exact) mass is 544 g/mol. The number of hydrogen-bond donors (Lipinski definition) is 0. The van der Waals surface area contributed by atoms with E-state index in [1.165, 1.54) is 43.2 Å². The van der Waals surface area contributed by atoms with E-state index in [1.807, 2.05) is 0 Å². The molecule has 1 heteroatoms.